The third kappa shape index (κ3) is 5.88. The number of hydrogen-bond donors (Lipinski definition) is 1. The molecule has 2 rings (SSSR count). The van der Waals surface area contributed by atoms with Crippen LogP contribution in [0.4, 0.5) is 0 Å². The zero-order valence-electron chi connectivity index (χ0n) is 14.5. The van der Waals surface area contributed by atoms with E-state index in [0.717, 1.165) is 19.0 Å². The van der Waals surface area contributed by atoms with Crippen LogP contribution in [0, 0.1) is 5.92 Å². The molecule has 0 aromatic heterocycles. The number of carbonyl (C=O) groups is 1. The smallest absolute Gasteiger partial charge is 0.305 e. The number of hydrogen-bond acceptors (Lipinski definition) is 4. The second-order valence-electron chi connectivity index (χ2n) is 7.17. The molecule has 2 unspecified atom stereocenters. The first kappa shape index (κ1) is 17.7. The van der Waals surface area contributed by atoms with Crippen molar-refractivity contribution < 1.29 is 9.53 Å². The molecule has 0 aromatic rings. The topological polar surface area (TPSA) is 41.6 Å². The van der Waals surface area contributed by atoms with Crippen molar-refractivity contribution in [3.63, 3.8) is 0 Å². The molecule has 0 bridgehead atoms. The molecule has 128 valence electrons. The monoisotopic (exact) mass is 310 g/mol. The van der Waals surface area contributed by atoms with Crippen molar-refractivity contribution in [3.8, 4) is 0 Å². The van der Waals surface area contributed by atoms with Crippen LogP contribution in [0.2, 0.25) is 0 Å². The fourth-order valence-electron chi connectivity index (χ4n) is 4.16. The molecule has 2 atom stereocenters. The minimum atomic E-state index is -0.0654. The van der Waals surface area contributed by atoms with Crippen molar-refractivity contribution in [2.24, 2.45) is 5.92 Å². The van der Waals surface area contributed by atoms with Crippen LogP contribution < -0.4 is 5.32 Å². The third-order valence-electron chi connectivity index (χ3n) is 5.21. The van der Waals surface area contributed by atoms with Crippen molar-refractivity contribution in [3.05, 3.63) is 0 Å². The van der Waals surface area contributed by atoms with E-state index in [0.29, 0.717) is 18.4 Å². The average molecular weight is 310 g/mol. The molecule has 1 aliphatic heterocycles. The molecule has 1 aliphatic carbocycles. The molecule has 1 N–H and O–H groups in total. The summed E-state index contributed by atoms with van der Waals surface area (Å²) in [6.07, 6.45) is 10.8. The fourth-order valence-corrected chi connectivity index (χ4v) is 4.16. The van der Waals surface area contributed by atoms with Crippen molar-refractivity contribution in [2.45, 2.75) is 76.8 Å². The second-order valence-corrected chi connectivity index (χ2v) is 7.17. The Labute approximate surface area is 136 Å². The number of rotatable bonds is 7. The Kier molecular flexibility index (Phi) is 7.67. The quantitative estimate of drug-likeness (QED) is 0.734. The third-order valence-corrected chi connectivity index (χ3v) is 5.21. The second kappa shape index (κ2) is 9.51. The first-order chi connectivity index (χ1) is 10.7. The number of piperidine rings is 1. The van der Waals surface area contributed by atoms with E-state index in [9.17, 15) is 4.79 Å². The van der Waals surface area contributed by atoms with Gasteiger partial charge in [-0.3, -0.25) is 4.79 Å². The van der Waals surface area contributed by atoms with Crippen molar-refractivity contribution in [1.82, 2.24) is 10.2 Å². The summed E-state index contributed by atoms with van der Waals surface area (Å²) in [5.41, 5.74) is 0. The fraction of sp³-hybridized carbons (Fsp3) is 0.944. The lowest BCUT2D eigenvalue weighted by Crippen LogP contribution is -2.52. The highest BCUT2D eigenvalue weighted by atomic mass is 16.5. The van der Waals surface area contributed by atoms with Gasteiger partial charge in [-0.15, -0.1) is 0 Å². The van der Waals surface area contributed by atoms with Crippen LogP contribution in [0.1, 0.15) is 64.7 Å². The lowest BCUT2D eigenvalue weighted by atomic mass is 9.88. The van der Waals surface area contributed by atoms with Gasteiger partial charge in [0.1, 0.15) is 0 Å². The molecule has 2 aliphatic rings. The Morgan fingerprint density at radius 2 is 1.95 bits per heavy atom. The van der Waals surface area contributed by atoms with Crippen LogP contribution in [-0.2, 0) is 9.53 Å². The molecule has 0 amide bonds. The number of nitrogens with zero attached hydrogens (tertiary/aromatic N) is 1. The maximum Gasteiger partial charge on any atom is 0.305 e. The van der Waals surface area contributed by atoms with Gasteiger partial charge >= 0.3 is 5.97 Å². The highest BCUT2D eigenvalue weighted by Gasteiger charge is 2.28. The minimum Gasteiger partial charge on any atom is -0.469 e. The van der Waals surface area contributed by atoms with E-state index in [1.165, 1.54) is 65.1 Å². The van der Waals surface area contributed by atoms with Crippen LogP contribution in [0.5, 0.6) is 0 Å². The number of nitrogens with one attached hydrogen (secondary N) is 1. The predicted octanol–water partition coefficient (Wildman–Crippen LogP) is 2.96. The molecule has 0 aromatic carbocycles. The summed E-state index contributed by atoms with van der Waals surface area (Å²) in [4.78, 5) is 14.0. The predicted molar refractivity (Wildman–Crippen MR) is 89.9 cm³/mol. The molecule has 0 spiro atoms. The Morgan fingerprint density at radius 1 is 1.18 bits per heavy atom. The zero-order valence-corrected chi connectivity index (χ0v) is 14.5. The van der Waals surface area contributed by atoms with Crippen LogP contribution in [-0.4, -0.2) is 49.7 Å². The normalized spacial score (nSPS) is 27.7. The minimum absolute atomic E-state index is 0.0654. The summed E-state index contributed by atoms with van der Waals surface area (Å²) in [6.45, 7) is 5.76. The van der Waals surface area contributed by atoms with Gasteiger partial charge in [0, 0.05) is 31.6 Å². The molecule has 4 nitrogen and oxygen atoms in total. The van der Waals surface area contributed by atoms with Gasteiger partial charge in [-0.1, -0.05) is 26.2 Å². The molecule has 22 heavy (non-hydrogen) atoms. The molecular formula is C18H34N2O2. The molecule has 4 heteroatoms. The summed E-state index contributed by atoms with van der Waals surface area (Å²) >= 11 is 0. The van der Waals surface area contributed by atoms with Crippen molar-refractivity contribution in [2.75, 3.05) is 26.7 Å². The van der Waals surface area contributed by atoms with Crippen LogP contribution in [0.3, 0.4) is 0 Å². The van der Waals surface area contributed by atoms with Crippen LogP contribution in [0.25, 0.3) is 0 Å². The summed E-state index contributed by atoms with van der Waals surface area (Å²) in [5, 5.41) is 3.92. The van der Waals surface area contributed by atoms with E-state index >= 15 is 0 Å². The van der Waals surface area contributed by atoms with Gasteiger partial charge in [0.2, 0.25) is 0 Å². The van der Waals surface area contributed by atoms with Gasteiger partial charge in [0.05, 0.1) is 7.11 Å². The molecule has 1 saturated carbocycles. The Balaban J connectivity index is 1.83. The Hall–Kier alpha value is -0.610. The van der Waals surface area contributed by atoms with Gasteiger partial charge in [-0.05, 0) is 44.6 Å². The highest BCUT2D eigenvalue weighted by Crippen LogP contribution is 2.24. The molecule has 0 radical (unpaired) electrons. The average Bonchev–Trinajstić information content (AvgIpc) is 2.53. The molecule has 2 fully saturated rings. The standard InChI is InChI=1S/C18H34N2O2/c1-3-11-20-13-15(9-10-18(21)22-2)12-17(14-20)19-16-7-5-4-6-8-16/h15-17,19H,3-14H2,1-2H3. The van der Waals surface area contributed by atoms with E-state index in [1.807, 2.05) is 0 Å². The van der Waals surface area contributed by atoms with E-state index in [-0.39, 0.29) is 5.97 Å². The summed E-state index contributed by atoms with van der Waals surface area (Å²) in [7, 11) is 1.49. The number of likely N-dealkylation sites (tertiary alicyclic amines) is 1. The summed E-state index contributed by atoms with van der Waals surface area (Å²) in [5.74, 6) is 0.560. The van der Waals surface area contributed by atoms with E-state index in [1.54, 1.807) is 0 Å². The number of carbonyl (C=O) groups excluding carboxylic acids is 1. The Bertz CT molecular complexity index is 329. The zero-order chi connectivity index (χ0) is 15.8. The molecule has 1 saturated heterocycles. The van der Waals surface area contributed by atoms with Crippen LogP contribution in [0.15, 0.2) is 0 Å². The maximum absolute atomic E-state index is 11.4. The van der Waals surface area contributed by atoms with Crippen molar-refractivity contribution >= 4 is 5.97 Å². The van der Waals surface area contributed by atoms with E-state index < -0.39 is 0 Å². The molecule has 1 heterocycles. The van der Waals surface area contributed by atoms with Gasteiger partial charge in [-0.25, -0.2) is 0 Å². The van der Waals surface area contributed by atoms with Gasteiger partial charge in [0.15, 0.2) is 0 Å². The lowest BCUT2D eigenvalue weighted by molar-refractivity contribution is -0.141. The number of methoxy groups -OCH3 is 1. The van der Waals surface area contributed by atoms with Gasteiger partial charge < -0.3 is 15.0 Å². The van der Waals surface area contributed by atoms with Crippen LogP contribution >= 0.6 is 0 Å². The molecular weight excluding hydrogens is 276 g/mol. The first-order valence-corrected chi connectivity index (χ1v) is 9.26. The van der Waals surface area contributed by atoms with Gasteiger partial charge in [-0.2, -0.15) is 0 Å². The van der Waals surface area contributed by atoms with E-state index in [2.05, 4.69) is 17.1 Å². The van der Waals surface area contributed by atoms with E-state index in [4.69, 9.17) is 4.74 Å². The number of ether oxygens (including phenoxy) is 1. The summed E-state index contributed by atoms with van der Waals surface area (Å²) < 4.78 is 4.80. The maximum atomic E-state index is 11.4. The van der Waals surface area contributed by atoms with Crippen molar-refractivity contribution in [1.29, 1.82) is 0 Å². The first-order valence-electron chi connectivity index (χ1n) is 9.26. The SMILES string of the molecule is CCCN1CC(CCC(=O)OC)CC(NC2CCCCC2)C1. The highest BCUT2D eigenvalue weighted by molar-refractivity contribution is 5.69. The number of esters is 1. The summed E-state index contributed by atoms with van der Waals surface area (Å²) in [6, 6.07) is 1.33. The lowest BCUT2D eigenvalue weighted by Gasteiger charge is -2.40. The van der Waals surface area contributed by atoms with Gasteiger partial charge in [0.25, 0.3) is 0 Å². The Morgan fingerprint density at radius 3 is 2.64 bits per heavy atom. The largest absolute Gasteiger partial charge is 0.469 e.